The molecule has 0 saturated carbocycles. The summed E-state index contributed by atoms with van der Waals surface area (Å²) in [6.45, 7) is -0.457. The van der Waals surface area contributed by atoms with Gasteiger partial charge in [0.25, 0.3) is 0 Å². The first-order valence-electron chi connectivity index (χ1n) is 4.75. The fourth-order valence-corrected chi connectivity index (χ4v) is 2.35. The topological polar surface area (TPSA) is 90.2 Å². The smallest absolute Gasteiger partial charge is 0.215 e. The minimum Gasteiger partial charge on any atom is -0.395 e. The highest BCUT2D eigenvalue weighted by molar-refractivity contribution is 7.88. The molecule has 0 atom stereocenters. The molecular weight excluding hydrogens is 247 g/mol. The van der Waals surface area contributed by atoms with Crippen LogP contribution in [0.3, 0.4) is 0 Å². The molecule has 0 aliphatic rings. The second kappa shape index (κ2) is 5.72. The number of nitrogens with one attached hydrogen (secondary N) is 1. The van der Waals surface area contributed by atoms with Gasteiger partial charge in [0.15, 0.2) is 0 Å². The van der Waals surface area contributed by atoms with E-state index in [9.17, 15) is 12.8 Å². The van der Waals surface area contributed by atoms with Crippen LogP contribution in [0.2, 0.25) is 0 Å². The maximum Gasteiger partial charge on any atom is 0.215 e. The summed E-state index contributed by atoms with van der Waals surface area (Å²) in [5, 5.41) is 17.1. The lowest BCUT2D eigenvalue weighted by atomic mass is 10.1. The first-order valence-corrected chi connectivity index (χ1v) is 6.40. The van der Waals surface area contributed by atoms with Crippen molar-refractivity contribution in [3.05, 3.63) is 35.1 Å². The molecule has 0 aromatic heterocycles. The van der Waals surface area contributed by atoms with Crippen LogP contribution in [-0.2, 0) is 15.8 Å². The number of rotatable bonds is 5. The third-order valence-electron chi connectivity index (χ3n) is 1.95. The zero-order valence-electron chi connectivity index (χ0n) is 8.85. The van der Waals surface area contributed by atoms with Gasteiger partial charge in [-0.15, -0.1) is 0 Å². The molecule has 0 aliphatic carbocycles. The van der Waals surface area contributed by atoms with Crippen LogP contribution >= 0.6 is 0 Å². The molecule has 7 heteroatoms. The SMILES string of the molecule is N#Cc1ccc(F)c(CS(=O)(=O)NCCO)c1. The normalized spacial score (nSPS) is 11.1. The van der Waals surface area contributed by atoms with E-state index < -0.39 is 21.6 Å². The second-order valence-electron chi connectivity index (χ2n) is 3.30. The van der Waals surface area contributed by atoms with Crippen molar-refractivity contribution < 1.29 is 17.9 Å². The largest absolute Gasteiger partial charge is 0.395 e. The lowest BCUT2D eigenvalue weighted by Gasteiger charge is -2.06. The summed E-state index contributed by atoms with van der Waals surface area (Å²) < 4.78 is 38.3. The van der Waals surface area contributed by atoms with E-state index in [4.69, 9.17) is 10.4 Å². The van der Waals surface area contributed by atoms with Gasteiger partial charge in [-0.2, -0.15) is 5.26 Å². The molecule has 1 aromatic rings. The average molecular weight is 258 g/mol. The Hall–Kier alpha value is -1.49. The number of aliphatic hydroxyl groups is 1. The van der Waals surface area contributed by atoms with Gasteiger partial charge in [-0.3, -0.25) is 0 Å². The van der Waals surface area contributed by atoms with E-state index in [1.165, 1.54) is 12.1 Å². The van der Waals surface area contributed by atoms with Crippen molar-refractivity contribution in [1.29, 1.82) is 5.26 Å². The molecule has 92 valence electrons. The van der Waals surface area contributed by atoms with Crippen molar-refractivity contribution in [1.82, 2.24) is 4.72 Å². The first kappa shape index (κ1) is 13.6. The van der Waals surface area contributed by atoms with Crippen LogP contribution in [0.5, 0.6) is 0 Å². The van der Waals surface area contributed by atoms with Crippen molar-refractivity contribution >= 4 is 10.0 Å². The predicted octanol–water partition coefficient (Wildman–Crippen LogP) is 0.109. The van der Waals surface area contributed by atoms with E-state index in [1.807, 2.05) is 0 Å². The summed E-state index contributed by atoms with van der Waals surface area (Å²) in [5.41, 5.74) is 0.119. The van der Waals surface area contributed by atoms with Crippen molar-refractivity contribution in [3.63, 3.8) is 0 Å². The molecule has 1 rings (SSSR count). The Morgan fingerprint density at radius 3 is 2.76 bits per heavy atom. The Balaban J connectivity index is 2.91. The molecule has 0 aliphatic heterocycles. The van der Waals surface area contributed by atoms with E-state index in [1.54, 1.807) is 6.07 Å². The summed E-state index contributed by atoms with van der Waals surface area (Å²) in [5.74, 6) is -1.24. The highest BCUT2D eigenvalue weighted by atomic mass is 32.2. The lowest BCUT2D eigenvalue weighted by Crippen LogP contribution is -2.28. The van der Waals surface area contributed by atoms with E-state index in [0.717, 1.165) is 6.07 Å². The maximum absolute atomic E-state index is 13.3. The number of hydrogen-bond acceptors (Lipinski definition) is 4. The standard InChI is InChI=1S/C10H11FN2O3S/c11-10-2-1-8(6-12)5-9(10)7-17(15,16)13-3-4-14/h1-2,5,13-14H,3-4,7H2. The van der Waals surface area contributed by atoms with Gasteiger partial charge in [0, 0.05) is 12.1 Å². The van der Waals surface area contributed by atoms with Gasteiger partial charge in [-0.05, 0) is 18.2 Å². The van der Waals surface area contributed by atoms with Gasteiger partial charge >= 0.3 is 0 Å². The number of nitriles is 1. The maximum atomic E-state index is 13.3. The summed E-state index contributed by atoms with van der Waals surface area (Å²) in [4.78, 5) is 0. The molecule has 0 fully saturated rings. The molecule has 0 heterocycles. The van der Waals surface area contributed by atoms with Crippen molar-refractivity contribution in [2.45, 2.75) is 5.75 Å². The predicted molar refractivity (Wildman–Crippen MR) is 58.8 cm³/mol. The van der Waals surface area contributed by atoms with Crippen LogP contribution in [0.1, 0.15) is 11.1 Å². The van der Waals surface area contributed by atoms with Crippen LogP contribution in [0.4, 0.5) is 4.39 Å². The summed E-state index contributed by atoms with van der Waals surface area (Å²) in [6, 6.07) is 5.31. The number of halogens is 1. The summed E-state index contributed by atoms with van der Waals surface area (Å²) in [7, 11) is -3.70. The average Bonchev–Trinajstić information content (AvgIpc) is 2.29. The molecule has 0 unspecified atom stereocenters. The molecule has 0 spiro atoms. The zero-order chi connectivity index (χ0) is 12.9. The molecule has 2 N–H and O–H groups in total. The van der Waals surface area contributed by atoms with Crippen molar-refractivity contribution in [3.8, 4) is 6.07 Å². The Morgan fingerprint density at radius 1 is 1.47 bits per heavy atom. The molecule has 17 heavy (non-hydrogen) atoms. The van der Waals surface area contributed by atoms with Crippen LogP contribution in [0.25, 0.3) is 0 Å². The van der Waals surface area contributed by atoms with Gasteiger partial charge < -0.3 is 5.11 Å². The summed E-state index contributed by atoms with van der Waals surface area (Å²) in [6.07, 6.45) is 0. The van der Waals surface area contributed by atoms with Crippen LogP contribution in [0, 0.1) is 17.1 Å². The Kier molecular flexibility index (Phi) is 4.57. The molecule has 5 nitrogen and oxygen atoms in total. The monoisotopic (exact) mass is 258 g/mol. The van der Waals surface area contributed by atoms with Gasteiger partial charge in [0.05, 0.1) is 24.0 Å². The molecule has 0 saturated heterocycles. The first-order chi connectivity index (χ1) is 7.98. The third-order valence-corrected chi connectivity index (χ3v) is 3.29. The molecule has 0 amide bonds. The number of hydrogen-bond donors (Lipinski definition) is 2. The number of nitrogens with zero attached hydrogens (tertiary/aromatic N) is 1. The quantitative estimate of drug-likeness (QED) is 0.784. The fourth-order valence-electron chi connectivity index (χ4n) is 1.21. The zero-order valence-corrected chi connectivity index (χ0v) is 9.67. The van der Waals surface area contributed by atoms with Crippen LogP contribution in [-0.4, -0.2) is 26.7 Å². The lowest BCUT2D eigenvalue weighted by molar-refractivity contribution is 0.301. The minimum absolute atomic E-state index is 0.0745. The van der Waals surface area contributed by atoms with Crippen molar-refractivity contribution in [2.75, 3.05) is 13.2 Å². The van der Waals surface area contributed by atoms with Crippen molar-refractivity contribution in [2.24, 2.45) is 0 Å². The van der Waals surface area contributed by atoms with E-state index in [0.29, 0.717) is 0 Å². The van der Waals surface area contributed by atoms with E-state index in [2.05, 4.69) is 4.72 Å². The van der Waals surface area contributed by atoms with E-state index >= 15 is 0 Å². The molecular formula is C10H11FN2O3S. The third kappa shape index (κ3) is 4.11. The molecule has 1 aromatic carbocycles. The minimum atomic E-state index is -3.70. The Labute approximate surface area is 98.6 Å². The van der Waals surface area contributed by atoms with Gasteiger partial charge in [-0.1, -0.05) is 0 Å². The van der Waals surface area contributed by atoms with Gasteiger partial charge in [0.2, 0.25) is 10.0 Å². The van der Waals surface area contributed by atoms with E-state index in [-0.39, 0.29) is 24.3 Å². The summed E-state index contributed by atoms with van der Waals surface area (Å²) >= 11 is 0. The Bertz CT molecular complexity index is 537. The van der Waals surface area contributed by atoms with Crippen LogP contribution in [0.15, 0.2) is 18.2 Å². The fraction of sp³-hybridized carbons (Fsp3) is 0.300. The highest BCUT2D eigenvalue weighted by Crippen LogP contribution is 2.12. The van der Waals surface area contributed by atoms with Gasteiger partial charge in [-0.25, -0.2) is 17.5 Å². The second-order valence-corrected chi connectivity index (χ2v) is 5.10. The number of sulfonamides is 1. The molecule has 0 radical (unpaired) electrons. The van der Waals surface area contributed by atoms with Crippen LogP contribution < -0.4 is 4.72 Å². The highest BCUT2D eigenvalue weighted by Gasteiger charge is 2.14. The molecule has 0 bridgehead atoms. The Morgan fingerprint density at radius 2 is 2.18 bits per heavy atom. The van der Waals surface area contributed by atoms with Gasteiger partial charge in [0.1, 0.15) is 5.82 Å². The number of benzene rings is 1. The number of aliphatic hydroxyl groups excluding tert-OH is 1.